The second kappa shape index (κ2) is 8.45. The maximum absolute atomic E-state index is 12.9. The number of carbonyl (C=O) groups excluding carboxylic acids is 2. The molecule has 2 amide bonds. The molecule has 3 aromatic heterocycles. The fraction of sp³-hybridized carbons (Fsp3) is 0.333. The summed E-state index contributed by atoms with van der Waals surface area (Å²) in [4.78, 5) is 43.7. The van der Waals surface area contributed by atoms with Crippen LogP contribution in [0.4, 0.5) is 0 Å². The van der Waals surface area contributed by atoms with Gasteiger partial charge < -0.3 is 10.6 Å². The molecule has 27 heavy (non-hydrogen) atoms. The molecule has 0 atom stereocenters. The molecule has 2 N–H and O–H groups in total. The van der Waals surface area contributed by atoms with Gasteiger partial charge in [0.2, 0.25) is 11.8 Å². The van der Waals surface area contributed by atoms with Crippen molar-refractivity contribution in [1.82, 2.24) is 20.2 Å². The molecule has 0 saturated heterocycles. The Morgan fingerprint density at radius 2 is 2.04 bits per heavy atom. The van der Waals surface area contributed by atoms with Crippen LogP contribution in [0.5, 0.6) is 0 Å². The van der Waals surface area contributed by atoms with Gasteiger partial charge in [-0.15, -0.1) is 22.7 Å². The zero-order chi connectivity index (χ0) is 19.4. The summed E-state index contributed by atoms with van der Waals surface area (Å²) in [5, 5.41) is 7.65. The largest absolute Gasteiger partial charge is 0.355 e. The first-order valence-electron chi connectivity index (χ1n) is 8.56. The molecule has 3 aromatic rings. The molecule has 3 rings (SSSR count). The van der Waals surface area contributed by atoms with Crippen molar-refractivity contribution < 1.29 is 9.59 Å². The van der Waals surface area contributed by atoms with Crippen molar-refractivity contribution in [3.05, 3.63) is 39.1 Å². The average Bonchev–Trinajstić information content (AvgIpc) is 3.27. The highest BCUT2D eigenvalue weighted by Gasteiger charge is 2.16. The fourth-order valence-electron chi connectivity index (χ4n) is 2.56. The smallest absolute Gasteiger partial charge is 0.263 e. The molecule has 0 spiro atoms. The number of amides is 2. The summed E-state index contributed by atoms with van der Waals surface area (Å²) in [5.74, 6) is -0.659. The quantitative estimate of drug-likeness (QED) is 0.631. The molecular formula is C18H20N4O3S2. The third-order valence-corrected chi connectivity index (χ3v) is 5.82. The van der Waals surface area contributed by atoms with Crippen molar-refractivity contribution in [1.29, 1.82) is 0 Å². The molecule has 3 heterocycles. The number of thiophene rings is 2. The van der Waals surface area contributed by atoms with Gasteiger partial charge in [0.1, 0.15) is 11.4 Å². The third kappa shape index (κ3) is 4.42. The Balaban J connectivity index is 1.78. The predicted octanol–water partition coefficient (Wildman–Crippen LogP) is 2.14. The van der Waals surface area contributed by atoms with Crippen molar-refractivity contribution >= 4 is 44.7 Å². The zero-order valence-electron chi connectivity index (χ0n) is 15.1. The Bertz CT molecular complexity index is 1030. The number of nitrogens with zero attached hydrogens (tertiary/aromatic N) is 2. The molecule has 0 bridgehead atoms. The van der Waals surface area contributed by atoms with Crippen LogP contribution in [0.3, 0.4) is 0 Å². The number of aryl methyl sites for hydroxylation is 1. The minimum atomic E-state index is -0.409. The first-order chi connectivity index (χ1) is 13.0. The van der Waals surface area contributed by atoms with Crippen LogP contribution in [0.2, 0.25) is 0 Å². The molecule has 0 aliphatic heterocycles. The Morgan fingerprint density at radius 1 is 1.22 bits per heavy atom. The van der Waals surface area contributed by atoms with E-state index in [1.165, 1.54) is 22.2 Å². The average molecular weight is 405 g/mol. The van der Waals surface area contributed by atoms with Gasteiger partial charge in [-0.2, -0.15) is 0 Å². The molecule has 0 saturated carbocycles. The maximum atomic E-state index is 12.9. The summed E-state index contributed by atoms with van der Waals surface area (Å²) in [6.07, 6.45) is 2.20. The highest BCUT2D eigenvalue weighted by molar-refractivity contribution is 7.19. The fourth-order valence-corrected chi connectivity index (χ4v) is 4.42. The Labute approximate surface area is 164 Å². The summed E-state index contributed by atoms with van der Waals surface area (Å²) in [6, 6.07) is 4.00. The SMILES string of the molecule is CCCNC(=O)CNC(=O)Cn1cnc2scc(-c3ccc(C)s3)c2c1=O. The van der Waals surface area contributed by atoms with Crippen LogP contribution in [-0.2, 0) is 16.1 Å². The minimum absolute atomic E-state index is 0.110. The second-order valence-electron chi connectivity index (χ2n) is 6.04. The Morgan fingerprint density at radius 3 is 2.74 bits per heavy atom. The molecule has 0 radical (unpaired) electrons. The summed E-state index contributed by atoms with van der Waals surface area (Å²) in [7, 11) is 0. The lowest BCUT2D eigenvalue weighted by Gasteiger charge is -2.08. The number of fused-ring (bicyclic) bond motifs is 1. The van der Waals surface area contributed by atoms with Gasteiger partial charge in [0.05, 0.1) is 18.3 Å². The van der Waals surface area contributed by atoms with Gasteiger partial charge in [-0.25, -0.2) is 4.98 Å². The van der Waals surface area contributed by atoms with Gasteiger partial charge in [0.15, 0.2) is 0 Å². The number of hydrogen-bond acceptors (Lipinski definition) is 6. The topological polar surface area (TPSA) is 93.1 Å². The van der Waals surface area contributed by atoms with E-state index in [1.807, 2.05) is 31.4 Å². The summed E-state index contributed by atoms with van der Waals surface area (Å²) >= 11 is 3.02. The van der Waals surface area contributed by atoms with Gasteiger partial charge in [-0.05, 0) is 25.5 Å². The van der Waals surface area contributed by atoms with Gasteiger partial charge in [-0.3, -0.25) is 19.0 Å². The third-order valence-electron chi connectivity index (χ3n) is 3.90. The monoisotopic (exact) mass is 404 g/mol. The molecule has 0 aliphatic rings. The van der Waals surface area contributed by atoms with Crippen molar-refractivity contribution in [2.75, 3.05) is 13.1 Å². The Hall–Kier alpha value is -2.52. The zero-order valence-corrected chi connectivity index (χ0v) is 16.7. The summed E-state index contributed by atoms with van der Waals surface area (Å²) in [5.41, 5.74) is 0.590. The van der Waals surface area contributed by atoms with Gasteiger partial charge >= 0.3 is 0 Å². The van der Waals surface area contributed by atoms with Crippen LogP contribution < -0.4 is 16.2 Å². The molecule has 142 valence electrons. The second-order valence-corrected chi connectivity index (χ2v) is 8.19. The molecular weight excluding hydrogens is 384 g/mol. The number of rotatable bonds is 7. The summed E-state index contributed by atoms with van der Waals surface area (Å²) in [6.45, 7) is 4.24. The standard InChI is InChI=1S/C18H20N4O3S2/c1-3-6-19-14(23)7-20-15(24)8-22-10-21-17-16(18(22)25)12(9-26-17)13-5-4-11(2)27-13/h4-5,9-10H,3,6-8H2,1-2H3,(H,19,23)(H,20,24). The molecule has 7 nitrogen and oxygen atoms in total. The van der Waals surface area contributed by atoms with Crippen molar-refractivity contribution in [3.8, 4) is 10.4 Å². The first kappa shape index (κ1) is 19.2. The van der Waals surface area contributed by atoms with E-state index in [0.717, 1.165) is 21.7 Å². The van der Waals surface area contributed by atoms with Crippen LogP contribution in [0.1, 0.15) is 18.2 Å². The van der Waals surface area contributed by atoms with Crippen LogP contribution in [0.25, 0.3) is 20.7 Å². The van der Waals surface area contributed by atoms with E-state index in [9.17, 15) is 14.4 Å². The maximum Gasteiger partial charge on any atom is 0.263 e. The van der Waals surface area contributed by atoms with E-state index in [2.05, 4.69) is 15.6 Å². The number of hydrogen-bond donors (Lipinski definition) is 2. The number of nitrogens with one attached hydrogen (secondary N) is 2. The molecule has 0 aromatic carbocycles. The normalized spacial score (nSPS) is 10.9. The van der Waals surface area contributed by atoms with E-state index in [-0.39, 0.29) is 24.6 Å². The lowest BCUT2D eigenvalue weighted by atomic mass is 10.2. The Kier molecular flexibility index (Phi) is 6.02. The van der Waals surface area contributed by atoms with Crippen LogP contribution in [-0.4, -0.2) is 34.5 Å². The van der Waals surface area contributed by atoms with Crippen molar-refractivity contribution in [2.24, 2.45) is 0 Å². The molecule has 9 heteroatoms. The van der Waals surface area contributed by atoms with Crippen LogP contribution >= 0.6 is 22.7 Å². The number of aromatic nitrogens is 2. The van der Waals surface area contributed by atoms with Crippen LogP contribution in [0, 0.1) is 6.92 Å². The van der Waals surface area contributed by atoms with Crippen LogP contribution in [0.15, 0.2) is 28.6 Å². The lowest BCUT2D eigenvalue weighted by Crippen LogP contribution is -2.39. The molecule has 0 fully saturated rings. The van der Waals surface area contributed by atoms with Crippen molar-refractivity contribution in [3.63, 3.8) is 0 Å². The van der Waals surface area contributed by atoms with E-state index in [0.29, 0.717) is 16.8 Å². The molecule has 0 aliphatic carbocycles. The van der Waals surface area contributed by atoms with E-state index in [4.69, 9.17) is 0 Å². The van der Waals surface area contributed by atoms with Gasteiger partial charge in [-0.1, -0.05) is 6.92 Å². The predicted molar refractivity (Wildman–Crippen MR) is 108 cm³/mol. The summed E-state index contributed by atoms with van der Waals surface area (Å²) < 4.78 is 1.28. The lowest BCUT2D eigenvalue weighted by molar-refractivity contribution is -0.126. The van der Waals surface area contributed by atoms with E-state index < -0.39 is 5.91 Å². The highest BCUT2D eigenvalue weighted by Crippen LogP contribution is 2.34. The number of carbonyl (C=O) groups is 2. The first-order valence-corrected chi connectivity index (χ1v) is 10.3. The minimum Gasteiger partial charge on any atom is -0.355 e. The van der Waals surface area contributed by atoms with Gasteiger partial charge in [0, 0.05) is 27.2 Å². The highest BCUT2D eigenvalue weighted by atomic mass is 32.1. The van der Waals surface area contributed by atoms with E-state index >= 15 is 0 Å². The van der Waals surface area contributed by atoms with Crippen molar-refractivity contribution in [2.45, 2.75) is 26.8 Å². The molecule has 0 unspecified atom stereocenters. The van der Waals surface area contributed by atoms with E-state index in [1.54, 1.807) is 11.3 Å². The van der Waals surface area contributed by atoms with Gasteiger partial charge in [0.25, 0.3) is 5.56 Å².